The third-order valence-corrected chi connectivity index (χ3v) is 0.570. The van der Waals surface area contributed by atoms with Gasteiger partial charge in [0.25, 0.3) is 0 Å². The van der Waals surface area contributed by atoms with E-state index in [1.165, 1.54) is 0 Å². The Morgan fingerprint density at radius 1 is 1.67 bits per heavy atom. The Labute approximate surface area is 75.6 Å². The number of aliphatic hydroxyl groups excluding tert-OH is 1. The van der Waals surface area contributed by atoms with Crippen molar-refractivity contribution in [3.63, 3.8) is 0 Å². The van der Waals surface area contributed by atoms with Crippen LogP contribution in [0.3, 0.4) is 0 Å². The van der Waals surface area contributed by atoms with Crippen LogP contribution < -0.4 is 29.6 Å². The second-order valence-corrected chi connectivity index (χ2v) is 1.33. The van der Waals surface area contributed by atoms with E-state index in [1.807, 2.05) is 0 Å². The minimum absolute atomic E-state index is 0. The van der Waals surface area contributed by atoms with Gasteiger partial charge in [0.1, 0.15) is 0 Å². The fraction of sp³-hybridized carbons (Fsp3) is 1.00. The molecule has 0 amide bonds. The molecule has 0 radical (unpaired) electrons. The van der Waals surface area contributed by atoms with Gasteiger partial charge in [0.15, 0.2) is 6.29 Å². The number of aliphatic hydroxyl groups is 2. The molecule has 0 unspecified atom stereocenters. The van der Waals surface area contributed by atoms with Gasteiger partial charge in [0.05, 0.1) is 6.42 Å². The average molecular weight is 145 g/mol. The van der Waals surface area contributed by atoms with Crippen molar-refractivity contribution in [1.82, 2.24) is 0 Å². The molecule has 2 N–H and O–H groups in total. The molecule has 0 saturated carbocycles. The fourth-order valence-corrected chi connectivity index (χ4v) is 0.221. The van der Waals surface area contributed by atoms with Crippen LogP contribution in [0.25, 0.3) is 0 Å². The van der Waals surface area contributed by atoms with E-state index in [0.717, 1.165) is 0 Å². The van der Waals surface area contributed by atoms with Gasteiger partial charge in [0, 0.05) is 4.92 Å². The topological polar surface area (TPSA) is 83.6 Å². The summed E-state index contributed by atoms with van der Waals surface area (Å²) < 4.78 is 0. The summed E-state index contributed by atoms with van der Waals surface area (Å²) in [6, 6.07) is 0. The summed E-state index contributed by atoms with van der Waals surface area (Å²) in [7, 11) is 0. The van der Waals surface area contributed by atoms with Gasteiger partial charge < -0.3 is 11.6 Å². The van der Waals surface area contributed by atoms with Crippen LogP contribution in [0.5, 0.6) is 0 Å². The maximum atomic E-state index is 9.49. The molecule has 0 aromatic heterocycles. The minimum Gasteiger partial charge on any atom is -1.00 e. The van der Waals surface area contributed by atoms with Crippen LogP contribution in [0, 0.1) is 10.1 Å². The fourth-order valence-electron chi connectivity index (χ4n) is 0.221. The van der Waals surface area contributed by atoms with Crippen molar-refractivity contribution in [3.05, 3.63) is 10.1 Å². The van der Waals surface area contributed by atoms with Gasteiger partial charge in [-0.1, -0.05) is 0 Å². The molecule has 50 valence electrons. The number of nitro groups is 1. The van der Waals surface area contributed by atoms with Crippen LogP contribution >= 0.6 is 0 Å². The summed E-state index contributed by atoms with van der Waals surface area (Å²) in [6.07, 6.45) is -1.76. The Hall–Kier alpha value is 0.320. The molecule has 0 spiro atoms. The maximum Gasteiger partial charge on any atom is 1.00 e. The van der Waals surface area contributed by atoms with Crippen LogP contribution in [0.15, 0.2) is 0 Å². The number of nitrogens with zero attached hydrogens (tertiary/aromatic N) is 1. The van der Waals surface area contributed by atoms with E-state index in [1.54, 1.807) is 0 Å². The Bertz CT molecular complexity index is 90.6. The first-order chi connectivity index (χ1) is 3.63. The van der Waals surface area contributed by atoms with Gasteiger partial charge in [-0.3, -0.25) is 10.1 Å². The molecule has 6 heteroatoms. The zero-order valence-electron chi connectivity index (χ0n) is 6.15. The Balaban J connectivity index is -0.000000245. The largest absolute Gasteiger partial charge is 1.00 e. The first-order valence-electron chi connectivity index (χ1n) is 2.11. The number of hydrogen-bond acceptors (Lipinski definition) is 4. The smallest absolute Gasteiger partial charge is 1.00 e. The van der Waals surface area contributed by atoms with Gasteiger partial charge in [0.2, 0.25) is 6.54 Å². The molecule has 0 aliphatic carbocycles. The van der Waals surface area contributed by atoms with Crippen molar-refractivity contribution < 1.29 is 46.1 Å². The summed E-state index contributed by atoms with van der Waals surface area (Å²) in [5, 5.41) is 25.6. The number of rotatable bonds is 3. The molecular formula is C3H8NNaO4. The molecular weight excluding hydrogens is 137 g/mol. The van der Waals surface area contributed by atoms with Crippen LogP contribution in [0.4, 0.5) is 0 Å². The van der Waals surface area contributed by atoms with E-state index in [0.29, 0.717) is 0 Å². The quantitative estimate of drug-likeness (QED) is 0.184. The van der Waals surface area contributed by atoms with E-state index < -0.39 is 17.8 Å². The van der Waals surface area contributed by atoms with Gasteiger partial charge >= 0.3 is 29.6 Å². The summed E-state index contributed by atoms with van der Waals surface area (Å²) in [4.78, 5) is 8.89. The second kappa shape index (κ2) is 6.44. The molecule has 5 nitrogen and oxygen atoms in total. The van der Waals surface area contributed by atoms with Crippen LogP contribution in [0.1, 0.15) is 7.85 Å². The summed E-state index contributed by atoms with van der Waals surface area (Å²) in [5.74, 6) is 0. The average Bonchev–Trinajstić information content (AvgIpc) is 1.61. The van der Waals surface area contributed by atoms with Crippen molar-refractivity contribution >= 4 is 0 Å². The predicted molar refractivity (Wildman–Crippen MR) is 25.8 cm³/mol. The van der Waals surface area contributed by atoms with Crippen molar-refractivity contribution in [3.8, 4) is 0 Å². The van der Waals surface area contributed by atoms with Gasteiger partial charge in [-0.25, -0.2) is 0 Å². The molecule has 0 aromatic carbocycles. The third kappa shape index (κ3) is 11.7. The van der Waals surface area contributed by atoms with E-state index in [4.69, 9.17) is 10.2 Å². The molecule has 0 rings (SSSR count). The summed E-state index contributed by atoms with van der Waals surface area (Å²) in [6.45, 7) is -0.391. The third-order valence-electron chi connectivity index (χ3n) is 0.570. The van der Waals surface area contributed by atoms with Gasteiger partial charge in [-0.05, 0) is 0 Å². The first-order valence-corrected chi connectivity index (χ1v) is 2.11. The Kier molecular flexibility index (Phi) is 8.62. The van der Waals surface area contributed by atoms with Gasteiger partial charge in [-0.15, -0.1) is 0 Å². The molecule has 0 aromatic rings. The molecule has 0 aliphatic rings. The van der Waals surface area contributed by atoms with Crippen molar-refractivity contribution in [1.29, 1.82) is 0 Å². The van der Waals surface area contributed by atoms with Crippen molar-refractivity contribution in [2.75, 3.05) is 6.54 Å². The monoisotopic (exact) mass is 145 g/mol. The van der Waals surface area contributed by atoms with Gasteiger partial charge in [-0.2, -0.15) is 0 Å². The van der Waals surface area contributed by atoms with Crippen molar-refractivity contribution in [2.24, 2.45) is 0 Å². The molecule has 0 atom stereocenters. The van der Waals surface area contributed by atoms with Crippen LogP contribution in [0.2, 0.25) is 0 Å². The molecule has 0 saturated heterocycles. The molecule has 9 heavy (non-hydrogen) atoms. The first kappa shape index (κ1) is 12.0. The zero-order chi connectivity index (χ0) is 6.57. The standard InChI is InChI=1S/C3H7NO4.Na.H/c5-3(6)1-2-4(7)8;;/h3,5-6H,1-2H2;;/q;+1;-1. The minimum atomic E-state index is -1.56. The summed E-state index contributed by atoms with van der Waals surface area (Å²) in [5.41, 5.74) is 0. The zero-order valence-corrected chi connectivity index (χ0v) is 7.15. The van der Waals surface area contributed by atoms with Crippen LogP contribution in [-0.2, 0) is 0 Å². The molecule has 0 aliphatic heterocycles. The second-order valence-electron chi connectivity index (χ2n) is 1.33. The Morgan fingerprint density at radius 2 is 2.11 bits per heavy atom. The molecule has 0 fully saturated rings. The molecule has 0 heterocycles. The van der Waals surface area contributed by atoms with E-state index in [9.17, 15) is 10.1 Å². The van der Waals surface area contributed by atoms with Crippen molar-refractivity contribution in [2.45, 2.75) is 12.7 Å². The van der Waals surface area contributed by atoms with E-state index in [2.05, 4.69) is 0 Å². The SMILES string of the molecule is O=[N+]([O-])CCC(O)O.[H-].[Na+]. The predicted octanol–water partition coefficient (Wildman–Crippen LogP) is -3.92. The van der Waals surface area contributed by atoms with Crippen LogP contribution in [-0.4, -0.2) is 28.0 Å². The normalized spacial score (nSPS) is 8.78. The molecule has 0 bridgehead atoms. The maximum absolute atomic E-state index is 9.49. The number of hydrogen-bond donors (Lipinski definition) is 2. The van der Waals surface area contributed by atoms with E-state index >= 15 is 0 Å². The summed E-state index contributed by atoms with van der Waals surface area (Å²) >= 11 is 0. The van der Waals surface area contributed by atoms with E-state index in [-0.39, 0.29) is 37.4 Å². The Morgan fingerprint density at radius 3 is 2.22 bits per heavy atom.